The molecule has 0 amide bonds. The van der Waals surface area contributed by atoms with Gasteiger partial charge in [0.25, 0.3) is 0 Å². The molecular weight excluding hydrogens is 253 g/mol. The highest BCUT2D eigenvalue weighted by Gasteiger charge is 2.16. The molecule has 0 aliphatic rings. The average Bonchev–Trinajstić information content (AvgIpc) is 2.70. The summed E-state index contributed by atoms with van der Waals surface area (Å²) in [5.74, 6) is 0.233. The van der Waals surface area contributed by atoms with Gasteiger partial charge in [0.2, 0.25) is 0 Å². The average molecular weight is 275 g/mol. The molecular formula is C16H22FN3. The lowest BCUT2D eigenvalue weighted by molar-refractivity contribution is 0.409. The zero-order valence-electron chi connectivity index (χ0n) is 12.5. The van der Waals surface area contributed by atoms with Crippen LogP contribution in [0.1, 0.15) is 36.7 Å². The Kier molecular flexibility index (Phi) is 4.55. The van der Waals surface area contributed by atoms with E-state index in [1.165, 1.54) is 17.7 Å². The number of rotatable bonds is 5. The summed E-state index contributed by atoms with van der Waals surface area (Å²) in [5, 5.41) is 7.89. The van der Waals surface area contributed by atoms with E-state index in [-0.39, 0.29) is 11.9 Å². The molecule has 0 aliphatic carbocycles. The van der Waals surface area contributed by atoms with Crippen LogP contribution in [0.3, 0.4) is 0 Å². The highest BCUT2D eigenvalue weighted by molar-refractivity contribution is 5.21. The molecule has 0 bridgehead atoms. The van der Waals surface area contributed by atoms with Crippen molar-refractivity contribution in [3.63, 3.8) is 0 Å². The minimum Gasteiger partial charge on any atom is -0.306 e. The van der Waals surface area contributed by atoms with E-state index in [0.717, 1.165) is 17.8 Å². The van der Waals surface area contributed by atoms with E-state index in [1.54, 1.807) is 0 Å². The van der Waals surface area contributed by atoms with Gasteiger partial charge in [0.1, 0.15) is 5.82 Å². The molecule has 4 heteroatoms. The number of aromatic nitrogens is 2. The first-order valence-electron chi connectivity index (χ1n) is 6.95. The van der Waals surface area contributed by atoms with Gasteiger partial charge in [0.05, 0.1) is 5.69 Å². The van der Waals surface area contributed by atoms with E-state index in [2.05, 4.69) is 24.3 Å². The number of benzene rings is 1. The van der Waals surface area contributed by atoms with E-state index in [4.69, 9.17) is 0 Å². The van der Waals surface area contributed by atoms with Crippen molar-refractivity contribution in [3.8, 4) is 0 Å². The van der Waals surface area contributed by atoms with Crippen molar-refractivity contribution in [2.45, 2.75) is 33.4 Å². The first-order chi connectivity index (χ1) is 9.47. The van der Waals surface area contributed by atoms with Gasteiger partial charge in [-0.25, -0.2) is 4.39 Å². The van der Waals surface area contributed by atoms with E-state index >= 15 is 0 Å². The fourth-order valence-corrected chi connectivity index (χ4v) is 2.45. The van der Waals surface area contributed by atoms with Crippen molar-refractivity contribution in [1.29, 1.82) is 0 Å². The highest BCUT2D eigenvalue weighted by atomic mass is 19.1. The van der Waals surface area contributed by atoms with E-state index in [1.807, 2.05) is 37.0 Å². The second kappa shape index (κ2) is 6.18. The molecule has 0 radical (unpaired) electrons. The monoisotopic (exact) mass is 275 g/mol. The largest absolute Gasteiger partial charge is 0.306 e. The number of hydrogen-bond acceptors (Lipinski definition) is 2. The standard InChI is InChI=1S/C16H22FN3/c1-11(2)16(13-5-7-15(17)8-6-13)18-9-14-10-20(4)19-12(14)3/h5-8,10-11,16,18H,9H2,1-4H3. The highest BCUT2D eigenvalue weighted by Crippen LogP contribution is 2.22. The van der Waals surface area contributed by atoms with Crippen molar-refractivity contribution in [2.24, 2.45) is 13.0 Å². The van der Waals surface area contributed by atoms with E-state index < -0.39 is 0 Å². The van der Waals surface area contributed by atoms with Crippen LogP contribution in [-0.2, 0) is 13.6 Å². The molecule has 0 saturated carbocycles. The molecule has 0 spiro atoms. The molecule has 0 aliphatic heterocycles. The van der Waals surface area contributed by atoms with Gasteiger partial charge in [-0.15, -0.1) is 0 Å². The summed E-state index contributed by atoms with van der Waals surface area (Å²) in [6.07, 6.45) is 2.03. The van der Waals surface area contributed by atoms with Crippen molar-refractivity contribution in [1.82, 2.24) is 15.1 Å². The van der Waals surface area contributed by atoms with E-state index in [9.17, 15) is 4.39 Å². The number of nitrogens with zero attached hydrogens (tertiary/aromatic N) is 2. The first-order valence-corrected chi connectivity index (χ1v) is 6.95. The smallest absolute Gasteiger partial charge is 0.123 e. The normalized spacial score (nSPS) is 12.9. The van der Waals surface area contributed by atoms with Crippen molar-refractivity contribution >= 4 is 0 Å². The summed E-state index contributed by atoms with van der Waals surface area (Å²) in [4.78, 5) is 0. The molecule has 0 saturated heterocycles. The molecule has 3 nitrogen and oxygen atoms in total. The molecule has 1 N–H and O–H groups in total. The van der Waals surface area contributed by atoms with Crippen LogP contribution >= 0.6 is 0 Å². The molecule has 1 unspecified atom stereocenters. The summed E-state index contributed by atoms with van der Waals surface area (Å²) < 4.78 is 14.9. The SMILES string of the molecule is Cc1nn(C)cc1CNC(c1ccc(F)cc1)C(C)C. The zero-order chi connectivity index (χ0) is 14.7. The Hall–Kier alpha value is -1.68. The Labute approximate surface area is 119 Å². The zero-order valence-corrected chi connectivity index (χ0v) is 12.5. The maximum absolute atomic E-state index is 13.0. The minimum absolute atomic E-state index is 0.195. The number of hydrogen-bond donors (Lipinski definition) is 1. The fraction of sp³-hybridized carbons (Fsp3) is 0.438. The Bertz CT molecular complexity index is 558. The second-order valence-corrected chi connectivity index (χ2v) is 5.57. The molecule has 1 aromatic carbocycles. The predicted molar refractivity (Wildman–Crippen MR) is 78.8 cm³/mol. The summed E-state index contributed by atoms with van der Waals surface area (Å²) in [6, 6.07) is 6.94. The first kappa shape index (κ1) is 14.7. The van der Waals surface area contributed by atoms with Crippen LogP contribution in [0.2, 0.25) is 0 Å². The summed E-state index contributed by atoms with van der Waals surface area (Å²) in [5.41, 5.74) is 3.35. The molecule has 0 fully saturated rings. The summed E-state index contributed by atoms with van der Waals surface area (Å²) >= 11 is 0. The Morgan fingerprint density at radius 2 is 1.90 bits per heavy atom. The van der Waals surface area contributed by atoms with Crippen LogP contribution in [0.15, 0.2) is 30.5 Å². The van der Waals surface area contributed by atoms with Gasteiger partial charge < -0.3 is 5.32 Å². The Morgan fingerprint density at radius 1 is 1.25 bits per heavy atom. The van der Waals surface area contributed by atoms with Crippen molar-refractivity contribution < 1.29 is 4.39 Å². The third-order valence-corrected chi connectivity index (χ3v) is 3.52. The number of nitrogens with one attached hydrogen (secondary N) is 1. The van der Waals surface area contributed by atoms with Crippen LogP contribution in [0, 0.1) is 18.7 Å². The lowest BCUT2D eigenvalue weighted by atomic mass is 9.96. The summed E-state index contributed by atoms with van der Waals surface area (Å²) in [6.45, 7) is 7.10. The third kappa shape index (κ3) is 3.45. The van der Waals surface area contributed by atoms with Crippen LogP contribution < -0.4 is 5.32 Å². The molecule has 20 heavy (non-hydrogen) atoms. The van der Waals surface area contributed by atoms with E-state index in [0.29, 0.717) is 5.92 Å². The molecule has 1 atom stereocenters. The maximum Gasteiger partial charge on any atom is 0.123 e. The quantitative estimate of drug-likeness (QED) is 0.907. The van der Waals surface area contributed by atoms with Crippen molar-refractivity contribution in [2.75, 3.05) is 0 Å². The summed E-state index contributed by atoms with van der Waals surface area (Å²) in [7, 11) is 1.93. The van der Waals surface area contributed by atoms with Crippen LogP contribution in [0.4, 0.5) is 4.39 Å². The number of halogens is 1. The van der Waals surface area contributed by atoms with Gasteiger partial charge in [0.15, 0.2) is 0 Å². The van der Waals surface area contributed by atoms with Crippen LogP contribution in [0.5, 0.6) is 0 Å². The lowest BCUT2D eigenvalue weighted by Crippen LogP contribution is -2.25. The molecule has 1 aromatic heterocycles. The van der Waals surface area contributed by atoms with Crippen LogP contribution in [0.25, 0.3) is 0 Å². The molecule has 1 heterocycles. The topological polar surface area (TPSA) is 29.9 Å². The fourth-order valence-electron chi connectivity index (χ4n) is 2.45. The Balaban J connectivity index is 2.10. The van der Waals surface area contributed by atoms with Gasteiger partial charge in [-0.05, 0) is 30.5 Å². The van der Waals surface area contributed by atoms with Crippen molar-refractivity contribution in [3.05, 3.63) is 53.1 Å². The third-order valence-electron chi connectivity index (χ3n) is 3.52. The minimum atomic E-state index is -0.195. The lowest BCUT2D eigenvalue weighted by Gasteiger charge is -2.23. The molecule has 2 aromatic rings. The Morgan fingerprint density at radius 3 is 2.40 bits per heavy atom. The van der Waals surface area contributed by atoms with Crippen LogP contribution in [-0.4, -0.2) is 9.78 Å². The molecule has 2 rings (SSSR count). The maximum atomic E-state index is 13.0. The molecule has 108 valence electrons. The van der Waals surface area contributed by atoms with Gasteiger partial charge in [0, 0.05) is 31.4 Å². The van der Waals surface area contributed by atoms with Gasteiger partial charge in [-0.3, -0.25) is 4.68 Å². The second-order valence-electron chi connectivity index (χ2n) is 5.57. The number of aryl methyl sites for hydroxylation is 2. The van der Waals surface area contributed by atoms with Gasteiger partial charge in [-0.1, -0.05) is 26.0 Å². The predicted octanol–water partition coefficient (Wildman–Crippen LogP) is 3.35. The van der Waals surface area contributed by atoms with Gasteiger partial charge >= 0.3 is 0 Å². The van der Waals surface area contributed by atoms with Gasteiger partial charge in [-0.2, -0.15) is 5.10 Å².